The van der Waals surface area contributed by atoms with Gasteiger partial charge in [-0.3, -0.25) is 0 Å². The summed E-state index contributed by atoms with van der Waals surface area (Å²) in [7, 11) is 0. The fourth-order valence-electron chi connectivity index (χ4n) is 2.21. The Hall–Kier alpha value is -0.280. The summed E-state index contributed by atoms with van der Waals surface area (Å²) in [5.41, 5.74) is 1.33. The largest absolute Gasteiger partial charge is 0.508 e. The maximum atomic E-state index is 9.32. The summed E-state index contributed by atoms with van der Waals surface area (Å²) in [5.74, 6) is 0.356. The predicted octanol–water partition coefficient (Wildman–Crippen LogP) is 4.98. The number of thioether (sulfide) groups is 2. The van der Waals surface area contributed by atoms with Crippen molar-refractivity contribution in [2.24, 2.45) is 0 Å². The van der Waals surface area contributed by atoms with Gasteiger partial charge in [-0.05, 0) is 49.5 Å². The van der Waals surface area contributed by atoms with Crippen LogP contribution in [0, 0.1) is 0 Å². The lowest BCUT2D eigenvalue weighted by Crippen LogP contribution is -2.15. The van der Waals surface area contributed by atoms with Crippen molar-refractivity contribution in [3.05, 3.63) is 29.8 Å². The SMILES string of the molecule is CCCCC(CC(Cc1ccc(O)cc1)SC)SC. The molecule has 0 aromatic heterocycles. The zero-order chi connectivity index (χ0) is 14.1. The van der Waals surface area contributed by atoms with E-state index in [0.29, 0.717) is 11.0 Å². The fraction of sp³-hybridized carbons (Fsp3) is 0.625. The Morgan fingerprint density at radius 1 is 1.05 bits per heavy atom. The molecule has 0 spiro atoms. The first-order valence-electron chi connectivity index (χ1n) is 7.03. The molecular weight excluding hydrogens is 272 g/mol. The van der Waals surface area contributed by atoms with E-state index in [1.54, 1.807) is 12.1 Å². The molecule has 3 heteroatoms. The van der Waals surface area contributed by atoms with E-state index in [9.17, 15) is 5.11 Å². The molecule has 1 rings (SSSR count). The summed E-state index contributed by atoms with van der Waals surface area (Å²) in [5, 5.41) is 10.8. The minimum Gasteiger partial charge on any atom is -0.508 e. The van der Waals surface area contributed by atoms with Gasteiger partial charge in [0.05, 0.1) is 0 Å². The van der Waals surface area contributed by atoms with Crippen LogP contribution in [-0.2, 0) is 6.42 Å². The molecule has 0 saturated carbocycles. The number of rotatable bonds is 9. The third-order valence-electron chi connectivity index (χ3n) is 3.47. The summed E-state index contributed by atoms with van der Waals surface area (Å²) in [6, 6.07) is 7.66. The van der Waals surface area contributed by atoms with Crippen LogP contribution in [0.5, 0.6) is 5.75 Å². The number of aromatic hydroxyl groups is 1. The van der Waals surface area contributed by atoms with Crippen molar-refractivity contribution in [3.63, 3.8) is 0 Å². The van der Waals surface area contributed by atoms with Crippen LogP contribution in [0.15, 0.2) is 24.3 Å². The van der Waals surface area contributed by atoms with E-state index in [4.69, 9.17) is 0 Å². The van der Waals surface area contributed by atoms with Crippen LogP contribution >= 0.6 is 23.5 Å². The van der Waals surface area contributed by atoms with Gasteiger partial charge >= 0.3 is 0 Å². The third kappa shape index (κ3) is 6.62. The Labute approximate surface area is 126 Å². The highest BCUT2D eigenvalue weighted by Crippen LogP contribution is 2.27. The average Bonchev–Trinajstić information content (AvgIpc) is 2.44. The van der Waals surface area contributed by atoms with Crippen molar-refractivity contribution in [2.75, 3.05) is 12.5 Å². The first-order chi connectivity index (χ1) is 9.19. The van der Waals surface area contributed by atoms with Gasteiger partial charge in [-0.25, -0.2) is 0 Å². The van der Waals surface area contributed by atoms with Crippen molar-refractivity contribution >= 4 is 23.5 Å². The first kappa shape index (κ1) is 16.8. The van der Waals surface area contributed by atoms with Gasteiger partial charge in [0.15, 0.2) is 0 Å². The highest BCUT2D eigenvalue weighted by atomic mass is 32.2. The van der Waals surface area contributed by atoms with Crippen molar-refractivity contribution in [3.8, 4) is 5.75 Å². The molecule has 1 aromatic rings. The standard InChI is InChI=1S/C16H26OS2/c1-4-5-6-15(18-2)12-16(19-3)11-13-7-9-14(17)10-8-13/h7-10,15-17H,4-6,11-12H2,1-3H3. The zero-order valence-electron chi connectivity index (χ0n) is 12.3. The highest BCUT2D eigenvalue weighted by Gasteiger charge is 2.15. The molecule has 0 fully saturated rings. The second-order valence-electron chi connectivity index (χ2n) is 4.96. The molecule has 0 heterocycles. The number of benzene rings is 1. The van der Waals surface area contributed by atoms with Crippen LogP contribution in [0.2, 0.25) is 0 Å². The van der Waals surface area contributed by atoms with Gasteiger partial charge in [0.2, 0.25) is 0 Å². The molecule has 0 aliphatic carbocycles. The monoisotopic (exact) mass is 298 g/mol. The Balaban J connectivity index is 2.49. The maximum absolute atomic E-state index is 9.32. The molecule has 2 unspecified atom stereocenters. The van der Waals surface area contributed by atoms with E-state index in [2.05, 4.69) is 19.4 Å². The van der Waals surface area contributed by atoms with E-state index in [1.165, 1.54) is 31.2 Å². The molecular formula is C16H26OS2. The summed E-state index contributed by atoms with van der Waals surface area (Å²) < 4.78 is 0. The quantitative estimate of drug-likeness (QED) is 0.694. The average molecular weight is 299 g/mol. The van der Waals surface area contributed by atoms with Gasteiger partial charge in [0, 0.05) is 10.5 Å². The second kappa shape index (κ2) is 9.60. The Kier molecular flexibility index (Phi) is 8.47. The number of phenols is 1. The lowest BCUT2D eigenvalue weighted by molar-refractivity contribution is 0.475. The number of hydrogen-bond donors (Lipinski definition) is 1. The van der Waals surface area contributed by atoms with Crippen molar-refractivity contribution in [1.29, 1.82) is 0 Å². The van der Waals surface area contributed by atoms with Crippen molar-refractivity contribution < 1.29 is 5.11 Å². The number of phenolic OH excluding ortho intramolecular Hbond substituents is 1. The normalized spacial score (nSPS) is 14.3. The maximum Gasteiger partial charge on any atom is 0.115 e. The molecule has 108 valence electrons. The van der Waals surface area contributed by atoms with Gasteiger partial charge in [0.1, 0.15) is 5.75 Å². The van der Waals surface area contributed by atoms with Gasteiger partial charge < -0.3 is 5.11 Å². The second-order valence-corrected chi connectivity index (χ2v) is 7.24. The van der Waals surface area contributed by atoms with Crippen LogP contribution < -0.4 is 0 Å². The van der Waals surface area contributed by atoms with Gasteiger partial charge in [0.25, 0.3) is 0 Å². The van der Waals surface area contributed by atoms with E-state index < -0.39 is 0 Å². The van der Waals surface area contributed by atoms with Crippen LogP contribution in [0.25, 0.3) is 0 Å². The molecule has 0 amide bonds. The number of hydrogen-bond acceptors (Lipinski definition) is 3. The lowest BCUT2D eigenvalue weighted by atomic mass is 10.0. The lowest BCUT2D eigenvalue weighted by Gasteiger charge is -2.21. The smallest absolute Gasteiger partial charge is 0.115 e. The van der Waals surface area contributed by atoms with Crippen LogP contribution in [0.4, 0.5) is 0 Å². The first-order valence-corrected chi connectivity index (χ1v) is 9.60. The van der Waals surface area contributed by atoms with E-state index >= 15 is 0 Å². The molecule has 0 bridgehead atoms. The molecule has 1 N–H and O–H groups in total. The van der Waals surface area contributed by atoms with Crippen LogP contribution in [-0.4, -0.2) is 28.1 Å². The zero-order valence-corrected chi connectivity index (χ0v) is 13.9. The Bertz CT molecular complexity index is 337. The van der Waals surface area contributed by atoms with E-state index in [1.807, 2.05) is 35.7 Å². The van der Waals surface area contributed by atoms with Gasteiger partial charge in [-0.15, -0.1) is 0 Å². The van der Waals surface area contributed by atoms with Crippen molar-refractivity contribution in [2.45, 2.75) is 49.5 Å². The topological polar surface area (TPSA) is 20.2 Å². The molecule has 0 radical (unpaired) electrons. The highest BCUT2D eigenvalue weighted by molar-refractivity contribution is 8.00. The molecule has 0 aliphatic rings. The summed E-state index contributed by atoms with van der Waals surface area (Å²) in [4.78, 5) is 0. The van der Waals surface area contributed by atoms with Crippen LogP contribution in [0.3, 0.4) is 0 Å². The van der Waals surface area contributed by atoms with Gasteiger partial charge in [-0.1, -0.05) is 31.9 Å². The number of unbranched alkanes of at least 4 members (excludes halogenated alkanes) is 1. The molecule has 0 saturated heterocycles. The summed E-state index contributed by atoms with van der Waals surface area (Å²) >= 11 is 3.98. The van der Waals surface area contributed by atoms with Crippen molar-refractivity contribution in [1.82, 2.24) is 0 Å². The third-order valence-corrected chi connectivity index (χ3v) is 5.59. The van der Waals surface area contributed by atoms with E-state index in [0.717, 1.165) is 11.7 Å². The molecule has 1 nitrogen and oxygen atoms in total. The summed E-state index contributed by atoms with van der Waals surface area (Å²) in [6.07, 6.45) is 10.8. The molecule has 2 atom stereocenters. The Morgan fingerprint density at radius 2 is 1.68 bits per heavy atom. The van der Waals surface area contributed by atoms with E-state index in [-0.39, 0.29) is 0 Å². The minimum atomic E-state index is 0.356. The predicted molar refractivity (Wildman–Crippen MR) is 90.6 cm³/mol. The molecule has 19 heavy (non-hydrogen) atoms. The molecule has 1 aromatic carbocycles. The van der Waals surface area contributed by atoms with Crippen LogP contribution in [0.1, 0.15) is 38.2 Å². The summed E-state index contributed by atoms with van der Waals surface area (Å²) in [6.45, 7) is 2.26. The minimum absolute atomic E-state index is 0.356. The Morgan fingerprint density at radius 3 is 2.21 bits per heavy atom. The fourth-order valence-corrected chi connectivity index (χ4v) is 3.95. The molecule has 0 aliphatic heterocycles. The van der Waals surface area contributed by atoms with Gasteiger partial charge in [-0.2, -0.15) is 23.5 Å².